The van der Waals surface area contributed by atoms with Gasteiger partial charge in [-0.2, -0.15) is 0 Å². The zero-order chi connectivity index (χ0) is 16.2. The van der Waals surface area contributed by atoms with Crippen LogP contribution in [0.15, 0.2) is 30.3 Å². The highest BCUT2D eigenvalue weighted by molar-refractivity contribution is 7.11. The van der Waals surface area contributed by atoms with Gasteiger partial charge in [-0.05, 0) is 26.3 Å². The molecule has 2 aromatic rings. The fourth-order valence-corrected chi connectivity index (χ4v) is 2.86. The maximum atomic E-state index is 11.8. The first-order chi connectivity index (χ1) is 10.4. The first-order valence-corrected chi connectivity index (χ1v) is 7.92. The number of rotatable bonds is 5. The van der Waals surface area contributed by atoms with Gasteiger partial charge in [-0.1, -0.05) is 30.3 Å². The van der Waals surface area contributed by atoms with Crippen molar-refractivity contribution in [1.82, 2.24) is 15.6 Å². The predicted molar refractivity (Wildman–Crippen MR) is 87.8 cm³/mol. The highest BCUT2D eigenvalue weighted by atomic mass is 32.1. The summed E-state index contributed by atoms with van der Waals surface area (Å²) in [6, 6.07) is 8.95. The Hall–Kier alpha value is -1.92. The number of hydrogen-bond donors (Lipinski definition) is 3. The number of carbonyl (C=O) groups excluding carboxylic acids is 1. The van der Waals surface area contributed by atoms with Gasteiger partial charge in [0.2, 0.25) is 0 Å². The minimum absolute atomic E-state index is 0.138. The number of aromatic nitrogens is 1. The van der Waals surface area contributed by atoms with Crippen molar-refractivity contribution >= 4 is 17.4 Å². The average Bonchev–Trinajstić information content (AvgIpc) is 2.83. The SMILES string of the molecule is Cc1nc(CNC(=O)NCC(C)(O)c2ccccc2)sc1C. The summed E-state index contributed by atoms with van der Waals surface area (Å²) in [5.74, 6) is 0. The molecule has 0 saturated heterocycles. The summed E-state index contributed by atoms with van der Waals surface area (Å²) in [5, 5.41) is 16.7. The molecular formula is C16H21N3O2S. The lowest BCUT2D eigenvalue weighted by Crippen LogP contribution is -2.43. The van der Waals surface area contributed by atoms with E-state index in [2.05, 4.69) is 15.6 Å². The third-order valence-corrected chi connectivity index (χ3v) is 4.53. The van der Waals surface area contributed by atoms with Crippen molar-refractivity contribution in [3.63, 3.8) is 0 Å². The molecule has 118 valence electrons. The number of aliphatic hydroxyl groups is 1. The molecule has 0 fully saturated rings. The van der Waals surface area contributed by atoms with Gasteiger partial charge in [0.05, 0.1) is 18.8 Å². The summed E-state index contributed by atoms with van der Waals surface area (Å²) in [6.45, 7) is 6.16. The van der Waals surface area contributed by atoms with Crippen molar-refractivity contribution in [2.75, 3.05) is 6.54 Å². The van der Waals surface area contributed by atoms with Crippen LogP contribution in [0.1, 0.15) is 28.1 Å². The summed E-state index contributed by atoms with van der Waals surface area (Å²) in [6.07, 6.45) is 0. The van der Waals surface area contributed by atoms with E-state index in [1.807, 2.05) is 44.2 Å². The topological polar surface area (TPSA) is 74.2 Å². The molecule has 0 bridgehead atoms. The second-order valence-corrected chi connectivity index (χ2v) is 6.71. The Balaban J connectivity index is 1.82. The van der Waals surface area contributed by atoms with Gasteiger partial charge < -0.3 is 15.7 Å². The third-order valence-electron chi connectivity index (χ3n) is 3.46. The number of carbonyl (C=O) groups is 1. The summed E-state index contributed by atoms with van der Waals surface area (Å²) in [4.78, 5) is 17.4. The Morgan fingerprint density at radius 2 is 1.95 bits per heavy atom. The van der Waals surface area contributed by atoms with Crippen LogP contribution in [-0.4, -0.2) is 22.7 Å². The number of aryl methyl sites for hydroxylation is 2. The lowest BCUT2D eigenvalue weighted by Gasteiger charge is -2.24. The molecule has 22 heavy (non-hydrogen) atoms. The van der Waals surface area contributed by atoms with Gasteiger partial charge in [0.1, 0.15) is 10.6 Å². The third kappa shape index (κ3) is 4.29. The molecule has 1 unspecified atom stereocenters. The highest BCUT2D eigenvalue weighted by Gasteiger charge is 2.23. The maximum absolute atomic E-state index is 11.8. The Labute approximate surface area is 134 Å². The number of urea groups is 1. The van der Waals surface area contributed by atoms with Crippen LogP contribution < -0.4 is 10.6 Å². The van der Waals surface area contributed by atoms with E-state index in [0.29, 0.717) is 6.54 Å². The lowest BCUT2D eigenvalue weighted by molar-refractivity contribution is 0.0594. The normalized spacial score (nSPS) is 13.5. The van der Waals surface area contributed by atoms with Crippen LogP contribution in [0, 0.1) is 13.8 Å². The fourth-order valence-electron chi connectivity index (χ4n) is 1.98. The fraction of sp³-hybridized carbons (Fsp3) is 0.375. The molecule has 0 spiro atoms. The van der Waals surface area contributed by atoms with Crippen molar-refractivity contribution in [2.24, 2.45) is 0 Å². The van der Waals surface area contributed by atoms with Gasteiger partial charge in [0.25, 0.3) is 0 Å². The highest BCUT2D eigenvalue weighted by Crippen LogP contribution is 2.19. The lowest BCUT2D eigenvalue weighted by atomic mass is 9.96. The van der Waals surface area contributed by atoms with Gasteiger partial charge in [0, 0.05) is 4.88 Å². The molecule has 3 N–H and O–H groups in total. The molecule has 1 atom stereocenters. The van der Waals surface area contributed by atoms with E-state index in [9.17, 15) is 9.90 Å². The molecule has 6 heteroatoms. The summed E-state index contributed by atoms with van der Waals surface area (Å²) < 4.78 is 0. The summed E-state index contributed by atoms with van der Waals surface area (Å²) >= 11 is 1.57. The number of amides is 2. The molecule has 2 amide bonds. The van der Waals surface area contributed by atoms with E-state index in [-0.39, 0.29) is 12.6 Å². The minimum atomic E-state index is -1.10. The predicted octanol–water partition coefficient (Wildman–Crippen LogP) is 2.47. The van der Waals surface area contributed by atoms with Crippen LogP contribution in [0.5, 0.6) is 0 Å². The molecule has 2 rings (SSSR count). The Bertz CT molecular complexity index is 619. The summed E-state index contributed by atoms with van der Waals surface area (Å²) in [7, 11) is 0. The number of nitrogens with one attached hydrogen (secondary N) is 2. The molecule has 1 heterocycles. The molecule has 0 saturated carbocycles. The number of hydrogen-bond acceptors (Lipinski definition) is 4. The van der Waals surface area contributed by atoms with Crippen LogP contribution in [0.4, 0.5) is 4.79 Å². The van der Waals surface area contributed by atoms with Crippen molar-refractivity contribution in [3.8, 4) is 0 Å². The maximum Gasteiger partial charge on any atom is 0.315 e. The van der Waals surface area contributed by atoms with Crippen molar-refractivity contribution in [3.05, 3.63) is 51.5 Å². The molecule has 1 aromatic heterocycles. The Morgan fingerprint density at radius 3 is 2.55 bits per heavy atom. The average molecular weight is 319 g/mol. The molecular weight excluding hydrogens is 298 g/mol. The van der Waals surface area contributed by atoms with E-state index in [1.165, 1.54) is 0 Å². The largest absolute Gasteiger partial charge is 0.384 e. The van der Waals surface area contributed by atoms with Crippen LogP contribution in [0.25, 0.3) is 0 Å². The van der Waals surface area contributed by atoms with Crippen LogP contribution in [0.2, 0.25) is 0 Å². The zero-order valence-electron chi connectivity index (χ0n) is 13.0. The van der Waals surface area contributed by atoms with E-state index in [0.717, 1.165) is 21.1 Å². The first-order valence-electron chi connectivity index (χ1n) is 7.11. The van der Waals surface area contributed by atoms with E-state index < -0.39 is 5.60 Å². The van der Waals surface area contributed by atoms with E-state index in [4.69, 9.17) is 0 Å². The van der Waals surface area contributed by atoms with E-state index in [1.54, 1.807) is 18.3 Å². The van der Waals surface area contributed by atoms with Gasteiger partial charge in [-0.25, -0.2) is 9.78 Å². The Kier molecular flexibility index (Phi) is 5.15. The number of benzene rings is 1. The first kappa shape index (κ1) is 16.5. The molecule has 0 aliphatic carbocycles. The Morgan fingerprint density at radius 1 is 1.27 bits per heavy atom. The van der Waals surface area contributed by atoms with Gasteiger partial charge in [0.15, 0.2) is 0 Å². The van der Waals surface area contributed by atoms with E-state index >= 15 is 0 Å². The standard InChI is InChI=1S/C16H21N3O2S/c1-11-12(2)22-14(19-11)9-17-15(20)18-10-16(3,21)13-7-5-4-6-8-13/h4-8,21H,9-10H2,1-3H3,(H2,17,18,20). The van der Waals surface area contributed by atoms with Crippen molar-refractivity contribution in [2.45, 2.75) is 32.9 Å². The van der Waals surface area contributed by atoms with Gasteiger partial charge in [-0.15, -0.1) is 11.3 Å². The second-order valence-electron chi connectivity index (χ2n) is 5.43. The second kappa shape index (κ2) is 6.89. The van der Waals surface area contributed by atoms with Gasteiger partial charge >= 0.3 is 6.03 Å². The quantitative estimate of drug-likeness (QED) is 0.792. The molecule has 1 aromatic carbocycles. The zero-order valence-corrected chi connectivity index (χ0v) is 13.8. The minimum Gasteiger partial charge on any atom is -0.384 e. The van der Waals surface area contributed by atoms with Crippen LogP contribution in [0.3, 0.4) is 0 Å². The smallest absolute Gasteiger partial charge is 0.315 e. The van der Waals surface area contributed by atoms with Crippen molar-refractivity contribution in [1.29, 1.82) is 0 Å². The summed E-state index contributed by atoms with van der Waals surface area (Å²) in [5.41, 5.74) is 0.656. The molecule has 5 nitrogen and oxygen atoms in total. The molecule has 0 radical (unpaired) electrons. The molecule has 0 aliphatic rings. The van der Waals surface area contributed by atoms with Crippen LogP contribution in [-0.2, 0) is 12.1 Å². The van der Waals surface area contributed by atoms with Gasteiger partial charge in [-0.3, -0.25) is 0 Å². The molecule has 0 aliphatic heterocycles. The monoisotopic (exact) mass is 319 g/mol. The number of nitrogens with zero attached hydrogens (tertiary/aromatic N) is 1. The van der Waals surface area contributed by atoms with Crippen molar-refractivity contribution < 1.29 is 9.90 Å². The van der Waals surface area contributed by atoms with Crippen LogP contribution >= 0.6 is 11.3 Å². The number of thiazole rings is 1.